The maximum atomic E-state index is 11.8. The number of nitrogens with one attached hydrogen (secondary N) is 1. The molecule has 1 N–H and O–H groups in total. The number of carbonyl (C=O) groups is 3. The molecule has 2 rings (SSSR count). The van der Waals surface area contributed by atoms with E-state index in [1.54, 1.807) is 18.2 Å². The van der Waals surface area contributed by atoms with Gasteiger partial charge in [-0.2, -0.15) is 0 Å². The van der Waals surface area contributed by atoms with E-state index in [1.165, 1.54) is 19.0 Å². The minimum atomic E-state index is -0.592. The summed E-state index contributed by atoms with van der Waals surface area (Å²) in [4.78, 5) is 35.9. The van der Waals surface area contributed by atoms with Crippen LogP contribution in [-0.4, -0.2) is 55.1 Å². The Hall–Kier alpha value is -2.90. The second-order valence-electron chi connectivity index (χ2n) is 4.89. The fourth-order valence-corrected chi connectivity index (χ4v) is 1.89. The van der Waals surface area contributed by atoms with Gasteiger partial charge in [0.15, 0.2) is 12.2 Å². The predicted molar refractivity (Wildman–Crippen MR) is 80.4 cm³/mol. The molecule has 0 aliphatic rings. The molecule has 0 fully saturated rings. The van der Waals surface area contributed by atoms with Gasteiger partial charge in [0.2, 0.25) is 5.91 Å². The maximum Gasteiger partial charge on any atom is 0.312 e. The normalized spacial score (nSPS) is 10.3. The molecule has 0 atom stereocenters. The zero-order chi connectivity index (χ0) is 16.8. The number of hydrogen-bond donors (Lipinski definition) is 1. The van der Waals surface area contributed by atoms with Crippen LogP contribution in [0.3, 0.4) is 0 Å². The van der Waals surface area contributed by atoms with E-state index in [4.69, 9.17) is 9.26 Å². The number of para-hydroxylation sites is 1. The fourth-order valence-electron chi connectivity index (χ4n) is 1.89. The van der Waals surface area contributed by atoms with Crippen molar-refractivity contribution < 1.29 is 23.6 Å². The third kappa shape index (κ3) is 4.29. The van der Waals surface area contributed by atoms with Crippen LogP contribution in [0.2, 0.25) is 0 Å². The van der Waals surface area contributed by atoms with E-state index in [0.717, 1.165) is 5.39 Å². The average Bonchev–Trinajstić information content (AvgIpc) is 2.95. The summed E-state index contributed by atoms with van der Waals surface area (Å²) < 4.78 is 10.0. The lowest BCUT2D eigenvalue weighted by atomic mass is 10.2. The molecule has 0 spiro atoms. The Labute approximate surface area is 132 Å². The van der Waals surface area contributed by atoms with Gasteiger partial charge in [-0.25, -0.2) is 0 Å². The number of ether oxygens (including phenoxy) is 1. The van der Waals surface area contributed by atoms with Crippen LogP contribution in [0.15, 0.2) is 28.8 Å². The number of hydrogen-bond acceptors (Lipinski definition) is 6. The number of likely N-dealkylation sites (N-methyl/N-ethyl adjacent to an activating group) is 2. The van der Waals surface area contributed by atoms with Crippen molar-refractivity contribution in [3.8, 4) is 0 Å². The monoisotopic (exact) mass is 319 g/mol. The third-order valence-electron chi connectivity index (χ3n) is 3.21. The molecule has 0 bridgehead atoms. The van der Waals surface area contributed by atoms with E-state index in [2.05, 4.69) is 10.5 Å². The van der Waals surface area contributed by atoms with Crippen molar-refractivity contribution in [3.05, 3.63) is 30.0 Å². The highest BCUT2D eigenvalue weighted by Gasteiger charge is 2.17. The first-order valence-electron chi connectivity index (χ1n) is 6.94. The van der Waals surface area contributed by atoms with Crippen LogP contribution in [-0.2, 0) is 25.5 Å². The zero-order valence-electron chi connectivity index (χ0n) is 12.9. The smallest absolute Gasteiger partial charge is 0.312 e. The molecule has 8 nitrogen and oxygen atoms in total. The van der Waals surface area contributed by atoms with E-state index in [-0.39, 0.29) is 18.9 Å². The highest BCUT2D eigenvalue weighted by molar-refractivity contribution is 5.87. The number of benzene rings is 1. The van der Waals surface area contributed by atoms with Crippen molar-refractivity contribution in [1.82, 2.24) is 15.4 Å². The molecule has 1 heterocycles. The average molecular weight is 319 g/mol. The largest absolute Gasteiger partial charge is 0.455 e. The van der Waals surface area contributed by atoms with Crippen LogP contribution in [0.5, 0.6) is 0 Å². The molecule has 2 amide bonds. The van der Waals surface area contributed by atoms with Gasteiger partial charge in [-0.1, -0.05) is 17.3 Å². The van der Waals surface area contributed by atoms with Gasteiger partial charge in [0.25, 0.3) is 5.91 Å². The molecule has 8 heteroatoms. The van der Waals surface area contributed by atoms with Crippen molar-refractivity contribution in [2.24, 2.45) is 0 Å². The Morgan fingerprint density at radius 2 is 2.04 bits per heavy atom. The molecule has 0 radical (unpaired) electrons. The Morgan fingerprint density at radius 1 is 1.30 bits per heavy atom. The lowest BCUT2D eigenvalue weighted by molar-refractivity contribution is -0.151. The van der Waals surface area contributed by atoms with Gasteiger partial charge < -0.3 is 19.5 Å². The SMILES string of the molecule is CNC(=O)CN(C)C(=O)COC(=O)Cc1noc2ccccc12. The minimum absolute atomic E-state index is 0.0938. The van der Waals surface area contributed by atoms with Gasteiger partial charge in [-0.05, 0) is 12.1 Å². The summed E-state index contributed by atoms with van der Waals surface area (Å²) in [7, 11) is 2.93. The van der Waals surface area contributed by atoms with E-state index >= 15 is 0 Å². The van der Waals surface area contributed by atoms with Crippen LogP contribution in [0.4, 0.5) is 0 Å². The summed E-state index contributed by atoms with van der Waals surface area (Å²) in [5, 5.41) is 6.96. The van der Waals surface area contributed by atoms with Gasteiger partial charge in [0.1, 0.15) is 5.69 Å². The highest BCUT2D eigenvalue weighted by atomic mass is 16.5. The fraction of sp³-hybridized carbons (Fsp3) is 0.333. The lowest BCUT2D eigenvalue weighted by Gasteiger charge is -2.15. The first-order valence-corrected chi connectivity index (χ1v) is 6.94. The number of aromatic nitrogens is 1. The van der Waals surface area contributed by atoms with E-state index in [0.29, 0.717) is 11.3 Å². The number of amides is 2. The molecule has 1 aromatic carbocycles. The molecule has 2 aromatic rings. The molecule has 0 unspecified atom stereocenters. The second kappa shape index (κ2) is 7.39. The van der Waals surface area contributed by atoms with Gasteiger partial charge in [0.05, 0.1) is 13.0 Å². The molecule has 0 aliphatic heterocycles. The van der Waals surface area contributed by atoms with Gasteiger partial charge in [-0.15, -0.1) is 0 Å². The van der Waals surface area contributed by atoms with Gasteiger partial charge in [0, 0.05) is 19.5 Å². The molecule has 122 valence electrons. The zero-order valence-corrected chi connectivity index (χ0v) is 12.9. The number of rotatable bonds is 6. The molecular formula is C15H17N3O5. The number of fused-ring (bicyclic) bond motifs is 1. The highest BCUT2D eigenvalue weighted by Crippen LogP contribution is 2.18. The summed E-state index contributed by atoms with van der Waals surface area (Å²) in [5.41, 5.74) is 1.04. The van der Waals surface area contributed by atoms with Crippen LogP contribution in [0, 0.1) is 0 Å². The predicted octanol–water partition coefficient (Wildman–Crippen LogP) is 0.118. The first kappa shape index (κ1) is 16.5. The summed E-state index contributed by atoms with van der Waals surface area (Å²) in [6, 6.07) is 7.15. The third-order valence-corrected chi connectivity index (χ3v) is 3.21. The van der Waals surface area contributed by atoms with Crippen LogP contribution in [0.1, 0.15) is 5.69 Å². The number of nitrogens with zero attached hydrogens (tertiary/aromatic N) is 2. The van der Waals surface area contributed by atoms with Gasteiger partial charge in [-0.3, -0.25) is 14.4 Å². The summed E-state index contributed by atoms with van der Waals surface area (Å²) in [5.74, 6) is -1.36. The molecule has 0 aliphatic carbocycles. The van der Waals surface area contributed by atoms with Crippen LogP contribution >= 0.6 is 0 Å². The molecule has 0 saturated carbocycles. The van der Waals surface area contributed by atoms with Gasteiger partial charge >= 0.3 is 5.97 Å². The number of carbonyl (C=O) groups excluding carboxylic acids is 3. The van der Waals surface area contributed by atoms with Crippen molar-refractivity contribution >= 4 is 28.8 Å². The molecule has 23 heavy (non-hydrogen) atoms. The Bertz CT molecular complexity index is 725. The van der Waals surface area contributed by atoms with Crippen molar-refractivity contribution in [2.45, 2.75) is 6.42 Å². The lowest BCUT2D eigenvalue weighted by Crippen LogP contribution is -2.39. The Morgan fingerprint density at radius 3 is 2.78 bits per heavy atom. The van der Waals surface area contributed by atoms with E-state index in [9.17, 15) is 14.4 Å². The molecule has 0 saturated heterocycles. The summed E-state index contributed by atoms with van der Waals surface area (Å²) >= 11 is 0. The topological polar surface area (TPSA) is 102 Å². The Kier molecular flexibility index (Phi) is 5.29. The maximum absolute atomic E-state index is 11.8. The minimum Gasteiger partial charge on any atom is -0.455 e. The summed E-state index contributed by atoms with van der Waals surface area (Å²) in [6.45, 7) is -0.525. The number of esters is 1. The van der Waals surface area contributed by atoms with Crippen LogP contribution in [0.25, 0.3) is 11.0 Å². The van der Waals surface area contributed by atoms with Crippen molar-refractivity contribution in [1.29, 1.82) is 0 Å². The van der Waals surface area contributed by atoms with E-state index in [1.807, 2.05) is 6.07 Å². The Balaban J connectivity index is 1.85. The molecule has 1 aromatic heterocycles. The van der Waals surface area contributed by atoms with E-state index < -0.39 is 18.5 Å². The van der Waals surface area contributed by atoms with Crippen molar-refractivity contribution in [3.63, 3.8) is 0 Å². The standard InChI is InChI=1S/C15H17N3O5/c1-16-13(19)8-18(2)14(20)9-22-15(21)7-11-10-5-3-4-6-12(10)23-17-11/h3-6H,7-9H2,1-2H3,(H,16,19). The quantitative estimate of drug-likeness (QED) is 0.759. The summed E-state index contributed by atoms with van der Waals surface area (Å²) in [6.07, 6.45) is -0.0938. The molecular weight excluding hydrogens is 302 g/mol. The first-order chi connectivity index (χ1) is 11.0. The second-order valence-corrected chi connectivity index (χ2v) is 4.89. The van der Waals surface area contributed by atoms with Crippen LogP contribution < -0.4 is 5.32 Å². The van der Waals surface area contributed by atoms with Crippen molar-refractivity contribution in [2.75, 3.05) is 27.2 Å².